The first-order valence-electron chi connectivity index (χ1n) is 7.39. The van der Waals surface area contributed by atoms with E-state index in [-0.39, 0.29) is 19.0 Å². The lowest BCUT2D eigenvalue weighted by Crippen LogP contribution is -2.36. The molecule has 1 aromatic carbocycles. The largest absolute Gasteiger partial charge is 0.416 e. The Balaban J connectivity index is 3.52. The van der Waals surface area contributed by atoms with Crippen LogP contribution in [0, 0.1) is 17.2 Å². The molecule has 3 nitrogen and oxygen atoms in total. The summed E-state index contributed by atoms with van der Waals surface area (Å²) in [5.74, 6) is -1.24. The van der Waals surface area contributed by atoms with Crippen molar-refractivity contribution in [2.75, 3.05) is 11.4 Å². The average Bonchev–Trinajstić information content (AvgIpc) is 2.52. The number of anilines is 1. The molecule has 25 heavy (non-hydrogen) atoms. The molecular formula is C16H16F6N2O. The second kappa shape index (κ2) is 7.76. The summed E-state index contributed by atoms with van der Waals surface area (Å²) in [6, 6.07) is 2.72. The van der Waals surface area contributed by atoms with Crippen LogP contribution in [0.2, 0.25) is 0 Å². The molecule has 0 spiro atoms. The van der Waals surface area contributed by atoms with Gasteiger partial charge >= 0.3 is 12.4 Å². The summed E-state index contributed by atoms with van der Waals surface area (Å²) in [5.41, 5.74) is -3.53. The quantitative estimate of drug-likeness (QED) is 0.687. The minimum atomic E-state index is -5.00. The molecule has 1 amide bonds. The lowest BCUT2D eigenvalue weighted by Gasteiger charge is -2.26. The Bertz CT molecular complexity index is 628. The predicted molar refractivity (Wildman–Crippen MR) is 78.5 cm³/mol. The van der Waals surface area contributed by atoms with Crippen LogP contribution in [-0.2, 0) is 17.1 Å². The van der Waals surface area contributed by atoms with Gasteiger partial charge in [-0.25, -0.2) is 0 Å². The van der Waals surface area contributed by atoms with Gasteiger partial charge in [0.1, 0.15) is 0 Å². The number of alkyl halides is 6. The third kappa shape index (κ3) is 5.37. The topological polar surface area (TPSA) is 44.1 Å². The molecule has 1 atom stereocenters. The lowest BCUT2D eigenvalue weighted by molar-refractivity contribution is -0.143. The highest BCUT2D eigenvalue weighted by Crippen LogP contribution is 2.38. The maximum absolute atomic E-state index is 13.0. The van der Waals surface area contributed by atoms with E-state index in [4.69, 9.17) is 5.26 Å². The highest BCUT2D eigenvalue weighted by atomic mass is 19.4. The van der Waals surface area contributed by atoms with Gasteiger partial charge in [0.2, 0.25) is 5.91 Å². The van der Waals surface area contributed by atoms with Gasteiger partial charge in [-0.1, -0.05) is 13.8 Å². The number of rotatable bonds is 5. The number of amides is 1. The van der Waals surface area contributed by atoms with Gasteiger partial charge in [-0.05, 0) is 24.6 Å². The molecule has 0 aliphatic heterocycles. The van der Waals surface area contributed by atoms with E-state index < -0.39 is 41.0 Å². The Hall–Kier alpha value is -2.24. The number of carbonyl (C=O) groups excluding carboxylic acids is 1. The average molecular weight is 366 g/mol. The Morgan fingerprint density at radius 1 is 1.12 bits per heavy atom. The van der Waals surface area contributed by atoms with E-state index in [0.29, 0.717) is 18.6 Å². The molecular weight excluding hydrogens is 350 g/mol. The van der Waals surface area contributed by atoms with E-state index in [9.17, 15) is 31.1 Å². The van der Waals surface area contributed by atoms with Crippen LogP contribution in [0.25, 0.3) is 0 Å². The molecule has 9 heteroatoms. The maximum Gasteiger partial charge on any atom is 0.416 e. The van der Waals surface area contributed by atoms with E-state index in [1.54, 1.807) is 13.0 Å². The predicted octanol–water partition coefficient (Wildman–Crippen LogP) is 5.02. The van der Waals surface area contributed by atoms with E-state index in [0.717, 1.165) is 4.90 Å². The van der Waals surface area contributed by atoms with Gasteiger partial charge < -0.3 is 4.90 Å². The Morgan fingerprint density at radius 3 is 1.96 bits per heavy atom. The summed E-state index contributed by atoms with van der Waals surface area (Å²) in [5, 5.41) is 8.66. The van der Waals surface area contributed by atoms with Crippen LogP contribution in [0.15, 0.2) is 18.2 Å². The van der Waals surface area contributed by atoms with Crippen LogP contribution in [0.5, 0.6) is 0 Å². The van der Waals surface area contributed by atoms with Crippen LogP contribution < -0.4 is 4.90 Å². The fourth-order valence-corrected chi connectivity index (χ4v) is 2.06. The van der Waals surface area contributed by atoms with Crippen molar-refractivity contribution in [3.8, 4) is 6.07 Å². The summed E-state index contributed by atoms with van der Waals surface area (Å²) in [7, 11) is 0. The molecule has 0 N–H and O–H groups in total. The molecule has 0 bridgehead atoms. The molecule has 0 saturated heterocycles. The lowest BCUT2D eigenvalue weighted by atomic mass is 10.0. The molecule has 1 unspecified atom stereocenters. The molecule has 0 aromatic heterocycles. The second-order valence-corrected chi connectivity index (χ2v) is 5.47. The highest BCUT2D eigenvalue weighted by Gasteiger charge is 2.38. The van der Waals surface area contributed by atoms with Crippen LogP contribution in [0.4, 0.5) is 32.0 Å². The third-order valence-electron chi connectivity index (χ3n) is 3.63. The molecule has 1 aromatic rings. The van der Waals surface area contributed by atoms with Gasteiger partial charge in [0.15, 0.2) is 0 Å². The number of hydrogen-bond donors (Lipinski definition) is 0. The van der Waals surface area contributed by atoms with Crippen molar-refractivity contribution in [3.05, 3.63) is 29.3 Å². The zero-order valence-corrected chi connectivity index (χ0v) is 13.5. The van der Waals surface area contributed by atoms with Crippen LogP contribution >= 0.6 is 0 Å². The number of nitrogens with zero attached hydrogens (tertiary/aromatic N) is 2. The van der Waals surface area contributed by atoms with Gasteiger partial charge in [-0.2, -0.15) is 31.6 Å². The molecule has 0 aliphatic rings. The van der Waals surface area contributed by atoms with Crippen LogP contribution in [0.1, 0.15) is 37.8 Å². The van der Waals surface area contributed by atoms with Crippen molar-refractivity contribution in [2.45, 2.75) is 39.0 Å². The first-order chi connectivity index (χ1) is 11.4. The van der Waals surface area contributed by atoms with Crippen molar-refractivity contribution < 1.29 is 31.1 Å². The highest BCUT2D eigenvalue weighted by molar-refractivity contribution is 5.95. The number of carbonyl (C=O) groups is 1. The molecule has 0 aliphatic carbocycles. The fraction of sp³-hybridized carbons (Fsp3) is 0.500. The zero-order valence-electron chi connectivity index (χ0n) is 13.5. The number of nitriles is 1. The molecule has 1 rings (SSSR count). The molecule has 0 saturated carbocycles. The summed E-state index contributed by atoms with van der Waals surface area (Å²) >= 11 is 0. The molecule has 0 fully saturated rings. The van der Waals surface area contributed by atoms with Crippen molar-refractivity contribution in [3.63, 3.8) is 0 Å². The van der Waals surface area contributed by atoms with Crippen molar-refractivity contribution in [2.24, 2.45) is 5.92 Å². The maximum atomic E-state index is 13.0. The van der Waals surface area contributed by atoms with E-state index in [2.05, 4.69) is 0 Å². The van der Waals surface area contributed by atoms with Gasteiger partial charge in [0.25, 0.3) is 0 Å². The van der Waals surface area contributed by atoms with Crippen molar-refractivity contribution in [1.29, 1.82) is 5.26 Å². The van der Waals surface area contributed by atoms with Gasteiger partial charge in [-0.3, -0.25) is 4.79 Å². The number of benzene rings is 1. The SMILES string of the molecule is CCC(C)C(=O)N(CCC#N)c1cc(C(F)(F)F)cc(C(F)(F)F)c1. The van der Waals surface area contributed by atoms with Crippen molar-refractivity contribution in [1.82, 2.24) is 0 Å². The number of hydrogen-bond acceptors (Lipinski definition) is 2. The minimum absolute atomic E-state index is 0.000299. The third-order valence-corrected chi connectivity index (χ3v) is 3.63. The molecule has 0 radical (unpaired) electrons. The van der Waals surface area contributed by atoms with Crippen molar-refractivity contribution >= 4 is 11.6 Å². The monoisotopic (exact) mass is 366 g/mol. The summed E-state index contributed by atoms with van der Waals surface area (Å²) in [6.07, 6.45) is -9.88. The van der Waals surface area contributed by atoms with Gasteiger partial charge in [0.05, 0.1) is 23.6 Å². The smallest absolute Gasteiger partial charge is 0.311 e. The Morgan fingerprint density at radius 2 is 1.60 bits per heavy atom. The minimum Gasteiger partial charge on any atom is -0.311 e. The van der Waals surface area contributed by atoms with Gasteiger partial charge in [-0.15, -0.1) is 0 Å². The number of halogens is 6. The Labute approximate surface area is 140 Å². The zero-order chi connectivity index (χ0) is 19.4. The fourth-order valence-electron chi connectivity index (χ4n) is 2.06. The van der Waals surface area contributed by atoms with Crippen LogP contribution in [-0.4, -0.2) is 12.5 Å². The normalized spacial score (nSPS) is 13.2. The summed E-state index contributed by atoms with van der Waals surface area (Å²) in [6.45, 7) is 2.89. The van der Waals surface area contributed by atoms with Gasteiger partial charge in [0, 0.05) is 18.2 Å². The standard InChI is InChI=1S/C16H16F6N2O/c1-3-10(2)14(25)24(6-4-5-23)13-8-11(15(17,18)19)7-12(9-13)16(20,21)22/h7-10H,3-4,6H2,1-2H3. The summed E-state index contributed by atoms with van der Waals surface area (Å²) in [4.78, 5) is 13.2. The summed E-state index contributed by atoms with van der Waals surface area (Å²) < 4.78 is 77.7. The van der Waals surface area contributed by atoms with E-state index >= 15 is 0 Å². The van der Waals surface area contributed by atoms with Crippen LogP contribution in [0.3, 0.4) is 0 Å². The molecule has 0 heterocycles. The second-order valence-electron chi connectivity index (χ2n) is 5.47. The first kappa shape index (κ1) is 20.8. The molecule has 138 valence electrons. The Kier molecular flexibility index (Phi) is 6.46. The van der Waals surface area contributed by atoms with E-state index in [1.165, 1.54) is 6.92 Å². The first-order valence-corrected chi connectivity index (χ1v) is 7.39. The van der Waals surface area contributed by atoms with E-state index in [1.807, 2.05) is 0 Å².